The normalized spacial score (nSPS) is 10.6. The fourth-order valence-electron chi connectivity index (χ4n) is 1.52. The van der Waals surface area contributed by atoms with Gasteiger partial charge in [-0.2, -0.15) is 0 Å². The Balaban J connectivity index is 2.18. The van der Waals surface area contributed by atoms with Gasteiger partial charge in [0.2, 0.25) is 5.95 Å². The molecule has 1 heterocycles. The smallest absolute Gasteiger partial charge is 0.207 e. The van der Waals surface area contributed by atoms with Crippen molar-refractivity contribution in [2.45, 2.75) is 6.54 Å². The highest BCUT2D eigenvalue weighted by atomic mass is 79.9. The predicted octanol–water partition coefficient (Wildman–Crippen LogP) is 3.80. The van der Waals surface area contributed by atoms with Gasteiger partial charge < -0.3 is 14.6 Å². The molecule has 96 valence electrons. The number of aromatic nitrogens is 2. The number of hydrogen-bond donors (Lipinski definition) is 1. The second-order valence-electron chi connectivity index (χ2n) is 3.69. The van der Waals surface area contributed by atoms with E-state index in [1.54, 1.807) is 13.3 Å². The minimum absolute atomic E-state index is 0.657. The van der Waals surface area contributed by atoms with Gasteiger partial charge in [-0.25, -0.2) is 4.98 Å². The van der Waals surface area contributed by atoms with Gasteiger partial charge in [-0.05, 0) is 34.1 Å². The van der Waals surface area contributed by atoms with Crippen LogP contribution in [-0.2, 0) is 11.3 Å². The number of imidazole rings is 1. The first kappa shape index (κ1) is 13.6. The van der Waals surface area contributed by atoms with Crippen LogP contribution in [-0.4, -0.2) is 23.3 Å². The van der Waals surface area contributed by atoms with Crippen LogP contribution in [0.2, 0.25) is 0 Å². The summed E-state index contributed by atoms with van der Waals surface area (Å²) in [4.78, 5) is 4.30. The van der Waals surface area contributed by atoms with Crippen LogP contribution in [0.5, 0.6) is 0 Å². The molecule has 0 saturated carbocycles. The summed E-state index contributed by atoms with van der Waals surface area (Å²) in [6.45, 7) is 1.43. The molecule has 1 aromatic carbocycles. The maximum atomic E-state index is 5.07. The number of halogens is 2. The number of anilines is 2. The van der Waals surface area contributed by atoms with Gasteiger partial charge in [-0.3, -0.25) is 0 Å². The molecule has 18 heavy (non-hydrogen) atoms. The average molecular weight is 375 g/mol. The molecule has 0 saturated heterocycles. The third kappa shape index (κ3) is 3.34. The van der Waals surface area contributed by atoms with E-state index in [1.165, 1.54) is 0 Å². The zero-order chi connectivity index (χ0) is 13.0. The molecule has 0 aliphatic carbocycles. The van der Waals surface area contributed by atoms with E-state index in [0.717, 1.165) is 27.1 Å². The largest absolute Gasteiger partial charge is 0.383 e. The Morgan fingerprint density at radius 2 is 2.22 bits per heavy atom. The Kier molecular flexibility index (Phi) is 4.79. The lowest BCUT2D eigenvalue weighted by Gasteiger charge is -2.11. The molecular formula is C12H13Br2N3O. The van der Waals surface area contributed by atoms with Gasteiger partial charge in [0.15, 0.2) is 0 Å². The standard InChI is InChI=1S/C12H13Br2N3O/c1-18-7-6-17-5-4-15-12(17)16-11-8-9(13)2-3-10(11)14/h2-5,8H,6-7H2,1H3,(H,15,16). The third-order valence-corrected chi connectivity index (χ3v) is 3.61. The van der Waals surface area contributed by atoms with Crippen molar-refractivity contribution in [3.63, 3.8) is 0 Å². The minimum Gasteiger partial charge on any atom is -0.383 e. The molecule has 2 aromatic rings. The van der Waals surface area contributed by atoms with E-state index in [1.807, 2.05) is 29.0 Å². The number of ether oxygens (including phenoxy) is 1. The molecule has 0 fully saturated rings. The molecule has 0 radical (unpaired) electrons. The second kappa shape index (κ2) is 6.36. The molecule has 0 aliphatic rings. The number of methoxy groups -OCH3 is 1. The molecule has 1 aromatic heterocycles. The van der Waals surface area contributed by atoms with Gasteiger partial charge in [0.05, 0.1) is 12.3 Å². The first-order valence-electron chi connectivity index (χ1n) is 5.43. The molecule has 1 N–H and O–H groups in total. The summed E-state index contributed by atoms with van der Waals surface area (Å²) in [5.74, 6) is 0.797. The first-order chi connectivity index (χ1) is 8.70. The van der Waals surface area contributed by atoms with Crippen LogP contribution in [0.3, 0.4) is 0 Å². The lowest BCUT2D eigenvalue weighted by molar-refractivity contribution is 0.188. The fourth-order valence-corrected chi connectivity index (χ4v) is 2.22. The van der Waals surface area contributed by atoms with Crippen LogP contribution in [0.15, 0.2) is 39.5 Å². The third-order valence-electron chi connectivity index (χ3n) is 2.43. The van der Waals surface area contributed by atoms with E-state index in [0.29, 0.717) is 6.61 Å². The SMILES string of the molecule is COCCn1ccnc1Nc1cc(Br)ccc1Br. The van der Waals surface area contributed by atoms with Crippen molar-refractivity contribution in [1.82, 2.24) is 9.55 Å². The fraction of sp³-hybridized carbons (Fsp3) is 0.250. The molecule has 2 rings (SSSR count). The first-order valence-corrected chi connectivity index (χ1v) is 7.01. The van der Waals surface area contributed by atoms with E-state index in [9.17, 15) is 0 Å². The van der Waals surface area contributed by atoms with Gasteiger partial charge in [0, 0.05) is 35.0 Å². The Hall–Kier alpha value is -0.850. The second-order valence-corrected chi connectivity index (χ2v) is 5.46. The maximum Gasteiger partial charge on any atom is 0.207 e. The van der Waals surface area contributed by atoms with Crippen LogP contribution in [0.1, 0.15) is 0 Å². The van der Waals surface area contributed by atoms with Crippen molar-refractivity contribution in [3.8, 4) is 0 Å². The number of nitrogens with zero attached hydrogens (tertiary/aromatic N) is 2. The van der Waals surface area contributed by atoms with Gasteiger partial charge >= 0.3 is 0 Å². The average Bonchev–Trinajstić information content (AvgIpc) is 2.79. The van der Waals surface area contributed by atoms with Crippen LogP contribution in [0, 0.1) is 0 Å². The highest BCUT2D eigenvalue weighted by molar-refractivity contribution is 9.11. The highest BCUT2D eigenvalue weighted by Crippen LogP contribution is 2.28. The molecule has 0 bridgehead atoms. The lowest BCUT2D eigenvalue weighted by atomic mass is 10.3. The Morgan fingerprint density at radius 1 is 1.39 bits per heavy atom. The van der Waals surface area contributed by atoms with Crippen molar-refractivity contribution in [3.05, 3.63) is 39.5 Å². The van der Waals surface area contributed by atoms with Crippen molar-refractivity contribution in [2.75, 3.05) is 19.0 Å². The topological polar surface area (TPSA) is 39.1 Å². The van der Waals surface area contributed by atoms with E-state index < -0.39 is 0 Å². The summed E-state index contributed by atoms with van der Waals surface area (Å²) in [7, 11) is 1.69. The molecule has 4 nitrogen and oxygen atoms in total. The van der Waals surface area contributed by atoms with Gasteiger partial charge in [0.25, 0.3) is 0 Å². The minimum atomic E-state index is 0.657. The summed E-state index contributed by atoms with van der Waals surface area (Å²) >= 11 is 6.96. The number of hydrogen-bond acceptors (Lipinski definition) is 3. The van der Waals surface area contributed by atoms with Crippen molar-refractivity contribution in [1.29, 1.82) is 0 Å². The van der Waals surface area contributed by atoms with Gasteiger partial charge in [-0.15, -0.1) is 0 Å². The van der Waals surface area contributed by atoms with Crippen molar-refractivity contribution in [2.24, 2.45) is 0 Å². The van der Waals surface area contributed by atoms with Crippen LogP contribution < -0.4 is 5.32 Å². The number of benzene rings is 1. The molecule has 0 spiro atoms. The Labute approximate surface area is 123 Å². The van der Waals surface area contributed by atoms with E-state index in [-0.39, 0.29) is 0 Å². The van der Waals surface area contributed by atoms with Gasteiger partial charge in [-0.1, -0.05) is 15.9 Å². The summed E-state index contributed by atoms with van der Waals surface area (Å²) in [6, 6.07) is 5.96. The maximum absolute atomic E-state index is 5.07. The van der Waals surface area contributed by atoms with Crippen molar-refractivity contribution < 1.29 is 4.74 Å². The number of nitrogens with one attached hydrogen (secondary N) is 1. The van der Waals surface area contributed by atoms with E-state index in [4.69, 9.17) is 4.74 Å². The highest BCUT2D eigenvalue weighted by Gasteiger charge is 2.06. The number of rotatable bonds is 5. The summed E-state index contributed by atoms with van der Waals surface area (Å²) < 4.78 is 9.09. The van der Waals surface area contributed by atoms with Crippen molar-refractivity contribution >= 4 is 43.5 Å². The molecule has 0 amide bonds. The van der Waals surface area contributed by atoms with Crippen LogP contribution in [0.4, 0.5) is 11.6 Å². The van der Waals surface area contributed by atoms with E-state index >= 15 is 0 Å². The Morgan fingerprint density at radius 3 is 3.00 bits per heavy atom. The van der Waals surface area contributed by atoms with E-state index in [2.05, 4.69) is 42.2 Å². The molecule has 6 heteroatoms. The van der Waals surface area contributed by atoms with Crippen LogP contribution in [0.25, 0.3) is 0 Å². The Bertz CT molecular complexity index is 528. The molecule has 0 atom stereocenters. The predicted molar refractivity (Wildman–Crippen MR) is 79.2 cm³/mol. The molecular weight excluding hydrogens is 362 g/mol. The monoisotopic (exact) mass is 373 g/mol. The van der Waals surface area contributed by atoms with Crippen LogP contribution >= 0.6 is 31.9 Å². The van der Waals surface area contributed by atoms with Gasteiger partial charge in [0.1, 0.15) is 0 Å². The molecule has 0 aliphatic heterocycles. The zero-order valence-electron chi connectivity index (χ0n) is 9.86. The quantitative estimate of drug-likeness (QED) is 0.865. The molecule has 0 unspecified atom stereocenters. The summed E-state index contributed by atoms with van der Waals surface area (Å²) in [6.07, 6.45) is 3.69. The zero-order valence-corrected chi connectivity index (χ0v) is 13.0. The summed E-state index contributed by atoms with van der Waals surface area (Å²) in [5, 5.41) is 3.29. The lowest BCUT2D eigenvalue weighted by Crippen LogP contribution is -2.07. The summed E-state index contributed by atoms with van der Waals surface area (Å²) in [5.41, 5.74) is 0.967.